The Balaban J connectivity index is 2.86. The predicted octanol–water partition coefficient (Wildman–Crippen LogP) is 2.93. The lowest BCUT2D eigenvalue weighted by atomic mass is 10.2. The second-order valence-corrected chi connectivity index (χ2v) is 5.65. The van der Waals surface area contributed by atoms with Gasteiger partial charge in [-0.25, -0.2) is 9.69 Å². The van der Waals surface area contributed by atoms with E-state index in [4.69, 9.17) is 4.74 Å². The topological polar surface area (TPSA) is 63.7 Å². The fraction of sp³-hybridized carbons (Fsp3) is 0.438. The third kappa shape index (κ3) is 6.21. The lowest BCUT2D eigenvalue weighted by Gasteiger charge is -2.26. The Morgan fingerprint density at radius 2 is 1.81 bits per heavy atom. The van der Waals surface area contributed by atoms with E-state index in [0.29, 0.717) is 6.29 Å². The molecule has 0 unspecified atom stereocenters. The molecule has 0 fully saturated rings. The van der Waals surface area contributed by atoms with E-state index in [-0.39, 0.29) is 19.4 Å². The second-order valence-electron chi connectivity index (χ2n) is 5.65. The van der Waals surface area contributed by atoms with Gasteiger partial charge in [-0.1, -0.05) is 30.3 Å². The molecule has 0 aromatic heterocycles. The highest BCUT2D eigenvalue weighted by molar-refractivity contribution is 5.92. The number of hydrogen-bond donors (Lipinski definition) is 0. The van der Waals surface area contributed by atoms with E-state index in [0.717, 1.165) is 10.5 Å². The lowest BCUT2D eigenvalue weighted by molar-refractivity contribution is -0.131. The zero-order valence-electron chi connectivity index (χ0n) is 12.7. The van der Waals surface area contributed by atoms with Gasteiger partial charge in [-0.15, -0.1) is 0 Å². The summed E-state index contributed by atoms with van der Waals surface area (Å²) in [5.74, 6) is -0.416. The Labute approximate surface area is 124 Å². The van der Waals surface area contributed by atoms with Crippen molar-refractivity contribution < 1.29 is 19.1 Å². The molecule has 1 aromatic rings. The maximum absolute atomic E-state index is 12.2. The highest BCUT2D eigenvalue weighted by atomic mass is 16.6. The monoisotopic (exact) mass is 291 g/mol. The van der Waals surface area contributed by atoms with Gasteiger partial charge < -0.3 is 9.53 Å². The normalized spacial score (nSPS) is 10.8. The van der Waals surface area contributed by atoms with Crippen molar-refractivity contribution in [3.8, 4) is 0 Å². The number of amides is 2. The molecule has 0 bridgehead atoms. The maximum Gasteiger partial charge on any atom is 0.417 e. The lowest BCUT2D eigenvalue weighted by Crippen LogP contribution is -2.40. The zero-order valence-corrected chi connectivity index (χ0v) is 12.7. The molecule has 1 aromatic carbocycles. The van der Waals surface area contributed by atoms with Crippen molar-refractivity contribution in [2.45, 2.75) is 45.8 Å². The highest BCUT2D eigenvalue weighted by Gasteiger charge is 2.26. The number of hydrogen-bond acceptors (Lipinski definition) is 4. The molecule has 0 aliphatic heterocycles. The van der Waals surface area contributed by atoms with E-state index in [9.17, 15) is 14.4 Å². The van der Waals surface area contributed by atoms with Gasteiger partial charge in [-0.2, -0.15) is 0 Å². The molecule has 2 amide bonds. The molecule has 0 aliphatic carbocycles. The third-order valence-electron chi connectivity index (χ3n) is 2.57. The Morgan fingerprint density at radius 3 is 2.33 bits per heavy atom. The average Bonchev–Trinajstić information content (AvgIpc) is 2.41. The van der Waals surface area contributed by atoms with Crippen LogP contribution in [0.2, 0.25) is 0 Å². The van der Waals surface area contributed by atoms with Crippen molar-refractivity contribution in [1.82, 2.24) is 4.90 Å². The van der Waals surface area contributed by atoms with Gasteiger partial charge in [-0.3, -0.25) is 4.79 Å². The van der Waals surface area contributed by atoms with Crippen LogP contribution in [0.5, 0.6) is 0 Å². The summed E-state index contributed by atoms with van der Waals surface area (Å²) in [4.78, 5) is 35.7. The molecule has 0 aliphatic rings. The first-order valence-corrected chi connectivity index (χ1v) is 6.84. The van der Waals surface area contributed by atoms with Crippen LogP contribution in [0.15, 0.2) is 30.3 Å². The number of imide groups is 1. The Bertz CT molecular complexity index is 491. The molecular weight excluding hydrogens is 270 g/mol. The first kappa shape index (κ1) is 16.9. The first-order valence-electron chi connectivity index (χ1n) is 6.84. The summed E-state index contributed by atoms with van der Waals surface area (Å²) in [5.41, 5.74) is 0.138. The molecule has 0 radical (unpaired) electrons. The van der Waals surface area contributed by atoms with Gasteiger partial charge in [0.15, 0.2) is 0 Å². The molecule has 1 rings (SSSR count). The van der Waals surface area contributed by atoms with Crippen molar-refractivity contribution in [3.63, 3.8) is 0 Å². The van der Waals surface area contributed by atoms with Crippen molar-refractivity contribution in [2.75, 3.05) is 0 Å². The molecule has 0 saturated carbocycles. The van der Waals surface area contributed by atoms with Gasteiger partial charge in [0.25, 0.3) is 0 Å². The molecule has 21 heavy (non-hydrogen) atoms. The van der Waals surface area contributed by atoms with Crippen molar-refractivity contribution in [1.29, 1.82) is 0 Å². The van der Waals surface area contributed by atoms with Gasteiger partial charge in [0, 0.05) is 12.8 Å². The maximum atomic E-state index is 12.2. The van der Waals surface area contributed by atoms with Crippen LogP contribution in [0.3, 0.4) is 0 Å². The van der Waals surface area contributed by atoms with E-state index < -0.39 is 17.6 Å². The Kier molecular flexibility index (Phi) is 6.09. The summed E-state index contributed by atoms with van der Waals surface area (Å²) in [6, 6.07) is 9.17. The van der Waals surface area contributed by atoms with E-state index >= 15 is 0 Å². The number of carbonyl (C=O) groups is 3. The van der Waals surface area contributed by atoms with Crippen molar-refractivity contribution in [3.05, 3.63) is 35.9 Å². The van der Waals surface area contributed by atoms with Crippen molar-refractivity contribution in [2.24, 2.45) is 0 Å². The highest BCUT2D eigenvalue weighted by Crippen LogP contribution is 2.14. The number of aldehydes is 1. The van der Waals surface area contributed by atoms with E-state index in [1.807, 2.05) is 30.3 Å². The van der Waals surface area contributed by atoms with Crippen LogP contribution in [0.1, 0.15) is 39.2 Å². The minimum absolute atomic E-state index is 0.00439. The van der Waals surface area contributed by atoms with Gasteiger partial charge in [0.05, 0.1) is 6.54 Å². The van der Waals surface area contributed by atoms with Crippen LogP contribution in [0.25, 0.3) is 0 Å². The second kappa shape index (κ2) is 7.57. The number of ether oxygens (including phenoxy) is 1. The predicted molar refractivity (Wildman–Crippen MR) is 78.5 cm³/mol. The van der Waals surface area contributed by atoms with Crippen LogP contribution < -0.4 is 0 Å². The van der Waals surface area contributed by atoms with Gasteiger partial charge in [0.2, 0.25) is 5.91 Å². The van der Waals surface area contributed by atoms with Crippen LogP contribution in [-0.4, -0.2) is 28.8 Å². The largest absolute Gasteiger partial charge is 0.443 e. The quantitative estimate of drug-likeness (QED) is 0.782. The van der Waals surface area contributed by atoms with Crippen LogP contribution in [0.4, 0.5) is 4.79 Å². The summed E-state index contributed by atoms with van der Waals surface area (Å²) in [7, 11) is 0. The van der Waals surface area contributed by atoms with Crippen LogP contribution >= 0.6 is 0 Å². The number of benzene rings is 1. The van der Waals surface area contributed by atoms with Crippen LogP contribution in [-0.2, 0) is 20.9 Å². The summed E-state index contributed by atoms with van der Waals surface area (Å²) in [6.07, 6.45) is 0.0539. The summed E-state index contributed by atoms with van der Waals surface area (Å²) < 4.78 is 5.25. The number of nitrogens with zero attached hydrogens (tertiary/aromatic N) is 1. The Morgan fingerprint density at radius 1 is 1.19 bits per heavy atom. The van der Waals surface area contributed by atoms with E-state index in [1.165, 1.54) is 0 Å². The molecule has 0 N–H and O–H groups in total. The third-order valence-corrected chi connectivity index (χ3v) is 2.57. The smallest absolute Gasteiger partial charge is 0.417 e. The molecule has 5 heteroatoms. The van der Waals surface area contributed by atoms with Gasteiger partial charge >= 0.3 is 6.09 Å². The molecule has 5 nitrogen and oxygen atoms in total. The fourth-order valence-electron chi connectivity index (χ4n) is 1.65. The molecule has 114 valence electrons. The number of carbonyl (C=O) groups excluding carboxylic acids is 3. The minimum atomic E-state index is -0.692. The van der Waals surface area contributed by atoms with E-state index in [1.54, 1.807) is 20.8 Å². The molecule has 0 saturated heterocycles. The van der Waals surface area contributed by atoms with Crippen molar-refractivity contribution >= 4 is 18.3 Å². The minimum Gasteiger partial charge on any atom is -0.443 e. The average molecular weight is 291 g/mol. The Hall–Kier alpha value is -2.17. The summed E-state index contributed by atoms with van der Waals surface area (Å²) in [5, 5.41) is 0. The van der Waals surface area contributed by atoms with E-state index in [2.05, 4.69) is 0 Å². The summed E-state index contributed by atoms with van der Waals surface area (Å²) in [6.45, 7) is 5.35. The molecule has 0 spiro atoms. The van der Waals surface area contributed by atoms with Crippen LogP contribution in [0, 0.1) is 0 Å². The first-order chi connectivity index (χ1) is 9.83. The molecule has 0 heterocycles. The number of rotatable bonds is 5. The zero-order chi connectivity index (χ0) is 15.9. The van der Waals surface area contributed by atoms with Gasteiger partial charge in [-0.05, 0) is 26.3 Å². The fourth-order valence-corrected chi connectivity index (χ4v) is 1.65. The van der Waals surface area contributed by atoms with Gasteiger partial charge in [0.1, 0.15) is 11.9 Å². The SMILES string of the molecule is CC(C)(C)OC(=O)N(Cc1ccccc1)C(=O)CCC=O. The molecule has 0 atom stereocenters. The molecular formula is C16H21NO4. The summed E-state index contributed by atoms with van der Waals surface area (Å²) >= 11 is 0. The standard InChI is InChI=1S/C16H21NO4/c1-16(2,3)21-15(20)17(14(19)10-7-11-18)12-13-8-5-4-6-9-13/h4-6,8-9,11H,7,10,12H2,1-3H3.